The summed E-state index contributed by atoms with van der Waals surface area (Å²) >= 11 is 1.47. The molecule has 1 N–H and O–H groups in total. The molecule has 3 aromatic rings. The largest absolute Gasteiger partial charge is 0.353 e. The summed E-state index contributed by atoms with van der Waals surface area (Å²) in [4.78, 5) is 32.0. The number of nitrogens with zero attached hydrogens (tertiary/aromatic N) is 4. The second kappa shape index (κ2) is 7.51. The van der Waals surface area contributed by atoms with Crippen molar-refractivity contribution in [3.8, 4) is 16.4 Å². The van der Waals surface area contributed by atoms with Gasteiger partial charge in [0, 0.05) is 13.1 Å². The van der Waals surface area contributed by atoms with Crippen LogP contribution in [-0.4, -0.2) is 50.6 Å². The number of hydrogen-bond acceptors (Lipinski definition) is 5. The Labute approximate surface area is 164 Å². The first-order valence-electron chi connectivity index (χ1n) is 8.94. The summed E-state index contributed by atoms with van der Waals surface area (Å²) in [6.45, 7) is 2.66. The van der Waals surface area contributed by atoms with E-state index in [4.69, 9.17) is 0 Å². The predicted octanol–water partition coefficient (Wildman–Crippen LogP) is 2.49. The molecule has 0 spiro atoms. The van der Waals surface area contributed by atoms with Gasteiger partial charge in [0.1, 0.15) is 11.9 Å². The number of hydrogen-bond donors (Lipinski definition) is 1. The fourth-order valence-corrected chi connectivity index (χ4v) is 3.92. The molecule has 2 aromatic heterocycles. The molecule has 0 aliphatic carbocycles. The average Bonchev–Trinajstić information content (AvgIpc) is 3.37. The Balaban J connectivity index is 1.76. The van der Waals surface area contributed by atoms with Gasteiger partial charge < -0.3 is 10.2 Å². The van der Waals surface area contributed by atoms with Gasteiger partial charge >= 0.3 is 0 Å². The molecule has 1 unspecified atom stereocenters. The van der Waals surface area contributed by atoms with E-state index >= 15 is 0 Å². The van der Waals surface area contributed by atoms with Gasteiger partial charge in [-0.2, -0.15) is 0 Å². The van der Waals surface area contributed by atoms with Gasteiger partial charge in [0.2, 0.25) is 11.7 Å². The fraction of sp³-hybridized carbons (Fsp3) is 0.263. The number of benzene rings is 1. The van der Waals surface area contributed by atoms with E-state index in [-0.39, 0.29) is 23.5 Å². The predicted molar refractivity (Wildman–Crippen MR) is 103 cm³/mol. The molecule has 1 atom stereocenters. The molecule has 0 bridgehead atoms. The van der Waals surface area contributed by atoms with Crippen LogP contribution in [0.4, 0.5) is 4.39 Å². The zero-order chi connectivity index (χ0) is 19.7. The zero-order valence-electron chi connectivity index (χ0n) is 15.1. The minimum absolute atomic E-state index is 0.0147. The second-order valence-electron chi connectivity index (χ2n) is 6.34. The molecular weight excluding hydrogens is 381 g/mol. The quantitative estimate of drug-likeness (QED) is 0.731. The molecule has 1 aliphatic rings. The highest BCUT2D eigenvalue weighted by molar-refractivity contribution is 7.13. The molecule has 28 heavy (non-hydrogen) atoms. The molecule has 1 aliphatic heterocycles. The molecule has 1 fully saturated rings. The lowest BCUT2D eigenvalue weighted by atomic mass is 10.1. The summed E-state index contributed by atoms with van der Waals surface area (Å²) in [5.41, 5.74) is 0.597. The minimum atomic E-state index is -0.538. The summed E-state index contributed by atoms with van der Waals surface area (Å²) in [5, 5.41) is 9.08. The maximum absolute atomic E-state index is 13.3. The average molecular weight is 399 g/mol. The van der Waals surface area contributed by atoms with Crippen molar-refractivity contribution in [1.29, 1.82) is 0 Å². The standard InChI is InChI=1S/C19H18FN5O2S/c1-2-14-18(26)21-9-10-24(14)19(27)16-22-17(15-4-3-11-28-15)25(23-16)13-7-5-12(20)6-8-13/h3-8,11,14H,2,9-10H2,1H3,(H,21,26). The van der Waals surface area contributed by atoms with E-state index in [1.165, 1.54) is 33.1 Å². The molecule has 7 nitrogen and oxygen atoms in total. The van der Waals surface area contributed by atoms with Crippen LogP contribution < -0.4 is 5.32 Å². The minimum Gasteiger partial charge on any atom is -0.353 e. The highest BCUT2D eigenvalue weighted by Gasteiger charge is 2.34. The van der Waals surface area contributed by atoms with Gasteiger partial charge in [-0.15, -0.1) is 16.4 Å². The Kier molecular flexibility index (Phi) is 4.91. The van der Waals surface area contributed by atoms with Crippen LogP contribution in [0.5, 0.6) is 0 Å². The number of carbonyl (C=O) groups is 2. The first kappa shape index (κ1) is 18.3. The van der Waals surface area contributed by atoms with Crippen molar-refractivity contribution >= 4 is 23.2 Å². The van der Waals surface area contributed by atoms with Gasteiger partial charge in [0.15, 0.2) is 5.82 Å². The number of piperazine rings is 1. The summed E-state index contributed by atoms with van der Waals surface area (Å²) in [6.07, 6.45) is 0.508. The summed E-state index contributed by atoms with van der Waals surface area (Å²) in [6, 6.07) is 9.05. The van der Waals surface area contributed by atoms with E-state index in [2.05, 4.69) is 15.4 Å². The van der Waals surface area contributed by atoms with Crippen LogP contribution in [0.25, 0.3) is 16.4 Å². The maximum Gasteiger partial charge on any atom is 0.294 e. The molecule has 9 heteroatoms. The second-order valence-corrected chi connectivity index (χ2v) is 7.29. The number of rotatable bonds is 4. The lowest BCUT2D eigenvalue weighted by molar-refractivity contribution is -0.127. The van der Waals surface area contributed by atoms with Gasteiger partial charge in [0.05, 0.1) is 10.6 Å². The Morgan fingerprint density at radius 1 is 1.32 bits per heavy atom. The Morgan fingerprint density at radius 2 is 2.11 bits per heavy atom. The normalized spacial score (nSPS) is 16.9. The number of amides is 2. The van der Waals surface area contributed by atoms with Crippen LogP contribution in [0.15, 0.2) is 41.8 Å². The van der Waals surface area contributed by atoms with Crippen molar-refractivity contribution in [2.75, 3.05) is 13.1 Å². The lowest BCUT2D eigenvalue weighted by Gasteiger charge is -2.33. The number of carbonyl (C=O) groups excluding carboxylic acids is 2. The molecule has 0 radical (unpaired) electrons. The van der Waals surface area contributed by atoms with Crippen LogP contribution in [0.1, 0.15) is 24.0 Å². The molecule has 0 saturated carbocycles. The van der Waals surface area contributed by atoms with Crippen LogP contribution in [0.3, 0.4) is 0 Å². The van der Waals surface area contributed by atoms with Crippen molar-refractivity contribution in [3.63, 3.8) is 0 Å². The lowest BCUT2D eigenvalue weighted by Crippen LogP contribution is -2.57. The zero-order valence-corrected chi connectivity index (χ0v) is 15.9. The van der Waals surface area contributed by atoms with Crippen molar-refractivity contribution < 1.29 is 14.0 Å². The molecule has 1 saturated heterocycles. The first-order chi connectivity index (χ1) is 13.6. The van der Waals surface area contributed by atoms with Crippen LogP contribution >= 0.6 is 11.3 Å². The van der Waals surface area contributed by atoms with Gasteiger partial charge in [-0.3, -0.25) is 9.59 Å². The van der Waals surface area contributed by atoms with E-state index in [0.29, 0.717) is 31.0 Å². The third-order valence-electron chi connectivity index (χ3n) is 4.59. The third kappa shape index (κ3) is 3.29. The van der Waals surface area contributed by atoms with E-state index < -0.39 is 6.04 Å². The molecule has 2 amide bonds. The van der Waals surface area contributed by atoms with Gasteiger partial charge in [-0.1, -0.05) is 13.0 Å². The smallest absolute Gasteiger partial charge is 0.294 e. The van der Waals surface area contributed by atoms with E-state index in [1.807, 2.05) is 24.4 Å². The topological polar surface area (TPSA) is 80.1 Å². The summed E-state index contributed by atoms with van der Waals surface area (Å²) in [5.74, 6) is -0.401. The SMILES string of the molecule is CCC1C(=O)NCCN1C(=O)c1nc(-c2cccs2)n(-c2ccc(F)cc2)n1. The van der Waals surface area contributed by atoms with E-state index in [9.17, 15) is 14.0 Å². The number of aromatic nitrogens is 3. The van der Waals surface area contributed by atoms with Crippen molar-refractivity contribution in [2.24, 2.45) is 0 Å². The Morgan fingerprint density at radius 3 is 2.79 bits per heavy atom. The monoisotopic (exact) mass is 399 g/mol. The van der Waals surface area contributed by atoms with Crippen molar-refractivity contribution in [2.45, 2.75) is 19.4 Å². The first-order valence-corrected chi connectivity index (χ1v) is 9.82. The molecule has 1 aromatic carbocycles. The van der Waals surface area contributed by atoms with Gasteiger partial charge in [0.25, 0.3) is 5.91 Å². The van der Waals surface area contributed by atoms with Crippen LogP contribution in [0, 0.1) is 5.82 Å². The Bertz CT molecular complexity index is 1000. The molecule has 144 valence electrons. The molecule has 4 rings (SSSR count). The molecule has 3 heterocycles. The third-order valence-corrected chi connectivity index (χ3v) is 5.46. The van der Waals surface area contributed by atoms with Crippen LogP contribution in [0.2, 0.25) is 0 Å². The van der Waals surface area contributed by atoms with Crippen LogP contribution in [-0.2, 0) is 4.79 Å². The fourth-order valence-electron chi connectivity index (χ4n) is 3.22. The van der Waals surface area contributed by atoms with Gasteiger partial charge in [-0.05, 0) is 42.1 Å². The summed E-state index contributed by atoms with van der Waals surface area (Å²) in [7, 11) is 0. The highest BCUT2D eigenvalue weighted by Crippen LogP contribution is 2.26. The van der Waals surface area contributed by atoms with Crippen molar-refractivity contribution in [1.82, 2.24) is 25.0 Å². The molecular formula is C19H18FN5O2S. The number of nitrogens with one attached hydrogen (secondary N) is 1. The van der Waals surface area contributed by atoms with Gasteiger partial charge in [-0.25, -0.2) is 14.1 Å². The van der Waals surface area contributed by atoms with E-state index in [0.717, 1.165) is 4.88 Å². The number of thiophene rings is 1. The summed E-state index contributed by atoms with van der Waals surface area (Å²) < 4.78 is 14.9. The number of halogens is 1. The Hall–Kier alpha value is -3.07. The highest BCUT2D eigenvalue weighted by atomic mass is 32.1. The van der Waals surface area contributed by atoms with E-state index in [1.54, 1.807) is 12.1 Å². The maximum atomic E-state index is 13.3. The van der Waals surface area contributed by atoms with Crippen molar-refractivity contribution in [3.05, 3.63) is 53.4 Å².